The van der Waals surface area contributed by atoms with Crippen LogP contribution >= 0.6 is 22.9 Å². The highest BCUT2D eigenvalue weighted by Crippen LogP contribution is 2.23. The van der Waals surface area contributed by atoms with Gasteiger partial charge >= 0.3 is 0 Å². The predicted molar refractivity (Wildman–Crippen MR) is 94.7 cm³/mol. The Morgan fingerprint density at radius 1 is 1.10 bits per heavy atom. The molecular formula is C18H24ClNS. The zero-order chi connectivity index (χ0) is 15.2. The van der Waals surface area contributed by atoms with Crippen LogP contribution in [-0.2, 0) is 12.8 Å². The van der Waals surface area contributed by atoms with Crippen LogP contribution in [0.5, 0.6) is 0 Å². The van der Waals surface area contributed by atoms with Crippen LogP contribution in [0.2, 0.25) is 4.34 Å². The van der Waals surface area contributed by atoms with Crippen LogP contribution < -0.4 is 5.32 Å². The molecule has 1 N–H and O–H groups in total. The van der Waals surface area contributed by atoms with E-state index in [9.17, 15) is 0 Å². The molecule has 0 bridgehead atoms. The number of benzene rings is 1. The average molecular weight is 322 g/mol. The Labute approximate surface area is 137 Å². The van der Waals surface area contributed by atoms with Gasteiger partial charge in [0.15, 0.2) is 0 Å². The van der Waals surface area contributed by atoms with E-state index in [1.54, 1.807) is 11.3 Å². The van der Waals surface area contributed by atoms with Gasteiger partial charge in [-0.25, -0.2) is 0 Å². The lowest BCUT2D eigenvalue weighted by molar-refractivity contribution is 0.507. The molecule has 0 spiro atoms. The molecule has 0 aliphatic heterocycles. The summed E-state index contributed by atoms with van der Waals surface area (Å²) in [6, 6.07) is 11.4. The third-order valence-electron chi connectivity index (χ3n) is 3.81. The maximum absolute atomic E-state index is 6.04. The van der Waals surface area contributed by atoms with Crippen LogP contribution in [-0.4, -0.2) is 12.6 Å². The second-order valence-electron chi connectivity index (χ2n) is 5.68. The smallest absolute Gasteiger partial charge is 0.0931 e. The summed E-state index contributed by atoms with van der Waals surface area (Å²) < 4.78 is 0.880. The fourth-order valence-electron chi connectivity index (χ4n) is 2.48. The van der Waals surface area contributed by atoms with Crippen molar-refractivity contribution >= 4 is 22.9 Å². The van der Waals surface area contributed by atoms with Crippen LogP contribution in [0.4, 0.5) is 0 Å². The van der Waals surface area contributed by atoms with Crippen molar-refractivity contribution in [1.29, 1.82) is 0 Å². The maximum atomic E-state index is 6.04. The van der Waals surface area contributed by atoms with Crippen molar-refractivity contribution in [2.45, 2.75) is 46.1 Å². The zero-order valence-corrected chi connectivity index (χ0v) is 14.7. The van der Waals surface area contributed by atoms with E-state index in [0.29, 0.717) is 6.04 Å². The number of aryl methyl sites for hydroxylation is 2. The van der Waals surface area contributed by atoms with Crippen LogP contribution in [0.3, 0.4) is 0 Å². The van der Waals surface area contributed by atoms with Gasteiger partial charge in [-0.15, -0.1) is 11.3 Å². The van der Waals surface area contributed by atoms with Crippen molar-refractivity contribution in [1.82, 2.24) is 5.32 Å². The average Bonchev–Trinajstić information content (AvgIpc) is 2.85. The maximum Gasteiger partial charge on any atom is 0.0931 e. The zero-order valence-electron chi connectivity index (χ0n) is 13.1. The SMILES string of the molecule is CCCNC(Cc1ccc(C)c(C)c1)Cc1ccc(Cl)s1. The molecule has 1 aromatic heterocycles. The normalized spacial score (nSPS) is 12.6. The van der Waals surface area contributed by atoms with Gasteiger partial charge in [-0.3, -0.25) is 0 Å². The van der Waals surface area contributed by atoms with Gasteiger partial charge < -0.3 is 5.32 Å². The molecule has 1 atom stereocenters. The van der Waals surface area contributed by atoms with Gasteiger partial charge in [0.25, 0.3) is 0 Å². The van der Waals surface area contributed by atoms with Crippen molar-refractivity contribution < 1.29 is 0 Å². The highest BCUT2D eigenvalue weighted by molar-refractivity contribution is 7.16. The van der Waals surface area contributed by atoms with E-state index < -0.39 is 0 Å². The summed E-state index contributed by atoms with van der Waals surface area (Å²) in [7, 11) is 0. The van der Waals surface area contributed by atoms with Gasteiger partial charge in [0.2, 0.25) is 0 Å². The summed E-state index contributed by atoms with van der Waals surface area (Å²) in [5.74, 6) is 0. The Hall–Kier alpha value is -0.830. The van der Waals surface area contributed by atoms with Gasteiger partial charge in [0.1, 0.15) is 0 Å². The minimum Gasteiger partial charge on any atom is -0.313 e. The van der Waals surface area contributed by atoms with Gasteiger partial charge in [0, 0.05) is 10.9 Å². The number of hydrogen-bond acceptors (Lipinski definition) is 2. The Balaban J connectivity index is 2.06. The number of hydrogen-bond donors (Lipinski definition) is 1. The first-order valence-electron chi connectivity index (χ1n) is 7.62. The first kappa shape index (κ1) is 16.5. The topological polar surface area (TPSA) is 12.0 Å². The van der Waals surface area contributed by atoms with Crippen LogP contribution in [0.15, 0.2) is 30.3 Å². The molecule has 0 amide bonds. The van der Waals surface area contributed by atoms with Gasteiger partial charge in [-0.05, 0) is 68.5 Å². The van der Waals surface area contributed by atoms with Crippen molar-refractivity contribution in [3.8, 4) is 0 Å². The lowest BCUT2D eigenvalue weighted by Crippen LogP contribution is -2.33. The molecule has 0 fully saturated rings. The number of halogens is 1. The second kappa shape index (κ2) is 7.98. The van der Waals surface area contributed by atoms with Gasteiger partial charge in [-0.2, -0.15) is 0 Å². The molecule has 1 nitrogen and oxygen atoms in total. The summed E-state index contributed by atoms with van der Waals surface area (Å²) in [5.41, 5.74) is 4.15. The largest absolute Gasteiger partial charge is 0.313 e. The van der Waals surface area contributed by atoms with E-state index in [0.717, 1.165) is 30.1 Å². The summed E-state index contributed by atoms with van der Waals surface area (Å²) in [5, 5.41) is 3.67. The quantitative estimate of drug-likeness (QED) is 0.741. The van der Waals surface area contributed by atoms with E-state index in [1.807, 2.05) is 6.07 Å². The molecule has 1 aromatic carbocycles. The molecule has 2 aromatic rings. The highest BCUT2D eigenvalue weighted by Gasteiger charge is 2.12. The monoisotopic (exact) mass is 321 g/mol. The highest BCUT2D eigenvalue weighted by atomic mass is 35.5. The van der Waals surface area contributed by atoms with Crippen molar-refractivity contribution in [2.24, 2.45) is 0 Å². The third kappa shape index (κ3) is 5.14. The third-order valence-corrected chi connectivity index (χ3v) is 5.07. The van der Waals surface area contributed by atoms with Gasteiger partial charge in [0.05, 0.1) is 4.34 Å². The van der Waals surface area contributed by atoms with E-state index >= 15 is 0 Å². The second-order valence-corrected chi connectivity index (χ2v) is 7.48. The Bertz CT molecular complexity index is 576. The molecular weight excluding hydrogens is 298 g/mol. The Morgan fingerprint density at radius 3 is 2.52 bits per heavy atom. The fraction of sp³-hybridized carbons (Fsp3) is 0.444. The van der Waals surface area contributed by atoms with Crippen LogP contribution in [0.25, 0.3) is 0 Å². The van der Waals surface area contributed by atoms with E-state index in [1.165, 1.54) is 21.6 Å². The fourth-order valence-corrected chi connectivity index (χ4v) is 3.65. The Kier molecular flexibility index (Phi) is 6.28. The molecule has 0 saturated carbocycles. The number of nitrogens with one attached hydrogen (secondary N) is 1. The lowest BCUT2D eigenvalue weighted by atomic mass is 9.99. The molecule has 3 heteroatoms. The summed E-state index contributed by atoms with van der Waals surface area (Å²) in [6.45, 7) is 7.63. The summed E-state index contributed by atoms with van der Waals surface area (Å²) in [4.78, 5) is 1.36. The molecule has 2 rings (SSSR count). The molecule has 0 aliphatic carbocycles. The molecule has 0 saturated heterocycles. The molecule has 0 aliphatic rings. The van der Waals surface area contributed by atoms with Crippen molar-refractivity contribution in [2.75, 3.05) is 6.54 Å². The lowest BCUT2D eigenvalue weighted by Gasteiger charge is -2.18. The van der Waals surface area contributed by atoms with Crippen molar-refractivity contribution in [3.05, 3.63) is 56.2 Å². The first-order valence-corrected chi connectivity index (χ1v) is 8.81. The predicted octanol–water partition coefficient (Wildman–Crippen LogP) is 5.17. The molecule has 1 heterocycles. The minimum absolute atomic E-state index is 0.474. The van der Waals surface area contributed by atoms with Gasteiger partial charge in [-0.1, -0.05) is 36.7 Å². The van der Waals surface area contributed by atoms with Crippen LogP contribution in [0, 0.1) is 13.8 Å². The Morgan fingerprint density at radius 2 is 1.90 bits per heavy atom. The van der Waals surface area contributed by atoms with E-state index in [2.05, 4.69) is 50.4 Å². The molecule has 21 heavy (non-hydrogen) atoms. The summed E-state index contributed by atoms with van der Waals surface area (Å²) >= 11 is 7.74. The first-order chi connectivity index (χ1) is 10.1. The summed E-state index contributed by atoms with van der Waals surface area (Å²) in [6.07, 6.45) is 3.27. The number of thiophene rings is 1. The standard InChI is InChI=1S/C18H24ClNS/c1-4-9-20-16(12-17-7-8-18(19)21-17)11-15-6-5-13(2)14(3)10-15/h5-8,10,16,20H,4,9,11-12H2,1-3H3. The number of rotatable bonds is 7. The minimum atomic E-state index is 0.474. The molecule has 114 valence electrons. The van der Waals surface area contributed by atoms with E-state index in [-0.39, 0.29) is 0 Å². The van der Waals surface area contributed by atoms with Crippen molar-refractivity contribution in [3.63, 3.8) is 0 Å². The molecule has 1 unspecified atom stereocenters. The van der Waals surface area contributed by atoms with E-state index in [4.69, 9.17) is 11.6 Å². The molecule has 0 radical (unpaired) electrons. The van der Waals surface area contributed by atoms with Crippen LogP contribution in [0.1, 0.15) is 34.9 Å².